The summed E-state index contributed by atoms with van der Waals surface area (Å²) in [4.78, 5) is 8.93. The first-order valence-electron chi connectivity index (χ1n) is 5.73. The molecule has 1 aliphatic heterocycles. The molecule has 0 amide bonds. The molecule has 0 spiro atoms. The summed E-state index contributed by atoms with van der Waals surface area (Å²) in [6.07, 6.45) is 3.03. The van der Waals surface area contributed by atoms with Crippen molar-refractivity contribution < 1.29 is 0 Å². The van der Waals surface area contributed by atoms with Gasteiger partial charge in [-0.05, 0) is 33.0 Å². The Kier molecular flexibility index (Phi) is 3.66. The molecule has 4 heteroatoms. The van der Waals surface area contributed by atoms with Crippen LogP contribution < -0.4 is 4.90 Å². The Bertz CT molecular complexity index is 367. The maximum Gasteiger partial charge on any atom is 0.0851 e. The molecular weight excluding hydrogens is 222 g/mol. The molecule has 0 unspecified atom stereocenters. The summed E-state index contributed by atoms with van der Waals surface area (Å²) in [6.45, 7) is 6.33. The molecule has 1 aromatic rings. The van der Waals surface area contributed by atoms with Crippen LogP contribution in [0.4, 0.5) is 5.69 Å². The highest BCUT2D eigenvalue weighted by atomic mass is 35.5. The van der Waals surface area contributed by atoms with Gasteiger partial charge in [-0.1, -0.05) is 11.6 Å². The summed E-state index contributed by atoms with van der Waals surface area (Å²) >= 11 is 6.30. The molecule has 1 saturated heterocycles. The van der Waals surface area contributed by atoms with Gasteiger partial charge in [-0.25, -0.2) is 0 Å². The first kappa shape index (κ1) is 11.7. The minimum absolute atomic E-state index is 0.798. The van der Waals surface area contributed by atoms with Gasteiger partial charge < -0.3 is 9.80 Å². The van der Waals surface area contributed by atoms with Crippen molar-refractivity contribution in [3.63, 3.8) is 0 Å². The summed E-state index contributed by atoms with van der Waals surface area (Å²) < 4.78 is 0. The van der Waals surface area contributed by atoms with Crippen molar-refractivity contribution in [3.05, 3.63) is 23.0 Å². The number of anilines is 1. The summed E-state index contributed by atoms with van der Waals surface area (Å²) in [5.41, 5.74) is 2.04. The molecule has 1 fully saturated rings. The topological polar surface area (TPSA) is 19.4 Å². The van der Waals surface area contributed by atoms with Crippen molar-refractivity contribution in [1.29, 1.82) is 0 Å². The third-order valence-corrected chi connectivity index (χ3v) is 3.57. The van der Waals surface area contributed by atoms with Gasteiger partial charge in [0.1, 0.15) is 0 Å². The lowest BCUT2D eigenvalue weighted by atomic mass is 10.3. The second-order valence-electron chi connectivity index (χ2n) is 4.37. The summed E-state index contributed by atoms with van der Waals surface area (Å²) in [7, 11) is 2.17. The maximum atomic E-state index is 6.30. The quantitative estimate of drug-likeness (QED) is 0.749. The second-order valence-corrected chi connectivity index (χ2v) is 4.75. The van der Waals surface area contributed by atoms with Gasteiger partial charge in [0.15, 0.2) is 0 Å². The van der Waals surface area contributed by atoms with Crippen molar-refractivity contribution in [2.45, 2.75) is 13.3 Å². The number of rotatable bonds is 1. The van der Waals surface area contributed by atoms with E-state index in [1.807, 2.05) is 19.2 Å². The van der Waals surface area contributed by atoms with Gasteiger partial charge in [0.25, 0.3) is 0 Å². The van der Waals surface area contributed by atoms with Crippen LogP contribution in [0.25, 0.3) is 0 Å². The molecule has 3 nitrogen and oxygen atoms in total. The molecule has 0 aliphatic carbocycles. The highest BCUT2D eigenvalue weighted by molar-refractivity contribution is 6.33. The largest absolute Gasteiger partial charge is 0.369 e. The average molecular weight is 240 g/mol. The molecule has 2 heterocycles. The van der Waals surface area contributed by atoms with Crippen LogP contribution in [0, 0.1) is 6.92 Å². The third-order valence-electron chi connectivity index (χ3n) is 3.10. The zero-order valence-corrected chi connectivity index (χ0v) is 10.7. The Morgan fingerprint density at radius 2 is 2.06 bits per heavy atom. The van der Waals surface area contributed by atoms with E-state index < -0.39 is 0 Å². The molecule has 0 bridgehead atoms. The van der Waals surface area contributed by atoms with E-state index in [0.29, 0.717) is 0 Å². The van der Waals surface area contributed by atoms with E-state index in [2.05, 4.69) is 21.8 Å². The lowest BCUT2D eigenvalue weighted by Gasteiger charge is -2.24. The molecule has 1 aromatic heterocycles. The number of hydrogen-bond donors (Lipinski definition) is 0. The van der Waals surface area contributed by atoms with Crippen LogP contribution >= 0.6 is 11.6 Å². The van der Waals surface area contributed by atoms with E-state index >= 15 is 0 Å². The number of nitrogens with zero attached hydrogens (tertiary/aromatic N) is 3. The fourth-order valence-corrected chi connectivity index (χ4v) is 2.30. The molecule has 0 aromatic carbocycles. The number of hydrogen-bond acceptors (Lipinski definition) is 3. The maximum absolute atomic E-state index is 6.30. The van der Waals surface area contributed by atoms with Crippen LogP contribution in [0.2, 0.25) is 5.02 Å². The average Bonchev–Trinajstić information content (AvgIpc) is 2.47. The zero-order valence-electron chi connectivity index (χ0n) is 9.91. The highest BCUT2D eigenvalue weighted by Gasteiger charge is 2.15. The van der Waals surface area contributed by atoms with Gasteiger partial charge in [0.05, 0.1) is 16.4 Å². The van der Waals surface area contributed by atoms with Crippen molar-refractivity contribution in [2.24, 2.45) is 0 Å². The molecule has 16 heavy (non-hydrogen) atoms. The predicted molar refractivity (Wildman–Crippen MR) is 68.3 cm³/mol. The van der Waals surface area contributed by atoms with Crippen molar-refractivity contribution in [1.82, 2.24) is 9.88 Å². The number of likely N-dealkylation sites (N-methyl/N-ethyl adjacent to an activating group) is 1. The first-order chi connectivity index (χ1) is 7.68. The molecule has 0 saturated carbocycles. The number of halogens is 1. The smallest absolute Gasteiger partial charge is 0.0851 e. The SMILES string of the molecule is Cc1nccc(N2CCCN(C)CC2)c1Cl. The van der Waals surface area contributed by atoms with E-state index in [1.165, 1.54) is 6.42 Å². The second kappa shape index (κ2) is 5.02. The third kappa shape index (κ3) is 2.47. The highest BCUT2D eigenvalue weighted by Crippen LogP contribution is 2.27. The van der Waals surface area contributed by atoms with E-state index in [9.17, 15) is 0 Å². The van der Waals surface area contributed by atoms with E-state index in [-0.39, 0.29) is 0 Å². The minimum Gasteiger partial charge on any atom is -0.369 e. The Morgan fingerprint density at radius 1 is 1.25 bits per heavy atom. The summed E-state index contributed by atoms with van der Waals surface area (Å²) in [6, 6.07) is 2.01. The number of aromatic nitrogens is 1. The fraction of sp³-hybridized carbons (Fsp3) is 0.583. The number of pyridine rings is 1. The molecule has 0 atom stereocenters. The fourth-order valence-electron chi connectivity index (χ4n) is 2.07. The lowest BCUT2D eigenvalue weighted by molar-refractivity contribution is 0.360. The van der Waals surface area contributed by atoms with E-state index in [0.717, 1.165) is 42.6 Å². The van der Waals surface area contributed by atoms with Crippen LogP contribution in [-0.4, -0.2) is 43.1 Å². The molecule has 1 aliphatic rings. The van der Waals surface area contributed by atoms with Crippen molar-refractivity contribution in [2.75, 3.05) is 38.1 Å². The van der Waals surface area contributed by atoms with Gasteiger partial charge >= 0.3 is 0 Å². The minimum atomic E-state index is 0.798. The Morgan fingerprint density at radius 3 is 2.88 bits per heavy atom. The zero-order chi connectivity index (χ0) is 11.5. The van der Waals surface area contributed by atoms with Gasteiger partial charge in [0, 0.05) is 25.8 Å². The van der Waals surface area contributed by atoms with Gasteiger partial charge in [-0.3, -0.25) is 4.98 Å². The van der Waals surface area contributed by atoms with Gasteiger partial charge in [-0.15, -0.1) is 0 Å². The molecule has 0 N–H and O–H groups in total. The van der Waals surface area contributed by atoms with Gasteiger partial charge in [-0.2, -0.15) is 0 Å². The summed E-state index contributed by atoms with van der Waals surface area (Å²) in [5.74, 6) is 0. The standard InChI is InChI=1S/C12H18ClN3/c1-10-12(13)11(4-5-14-10)16-7-3-6-15(2)8-9-16/h4-5H,3,6-9H2,1-2H3. The van der Waals surface area contributed by atoms with Crippen LogP contribution in [0.5, 0.6) is 0 Å². The molecule has 88 valence electrons. The number of aryl methyl sites for hydroxylation is 1. The van der Waals surface area contributed by atoms with E-state index in [1.54, 1.807) is 0 Å². The van der Waals surface area contributed by atoms with E-state index in [4.69, 9.17) is 11.6 Å². The van der Waals surface area contributed by atoms with Crippen LogP contribution in [0.1, 0.15) is 12.1 Å². The Labute approximate surface area is 102 Å². The monoisotopic (exact) mass is 239 g/mol. The molecular formula is C12H18ClN3. The lowest BCUT2D eigenvalue weighted by Crippen LogP contribution is -2.29. The molecule has 2 rings (SSSR count). The Hall–Kier alpha value is -0.800. The van der Waals surface area contributed by atoms with Crippen LogP contribution in [0.3, 0.4) is 0 Å². The normalized spacial score (nSPS) is 18.6. The molecule has 0 radical (unpaired) electrons. The van der Waals surface area contributed by atoms with Crippen LogP contribution in [0.15, 0.2) is 12.3 Å². The first-order valence-corrected chi connectivity index (χ1v) is 6.11. The Balaban J connectivity index is 2.20. The van der Waals surface area contributed by atoms with Gasteiger partial charge in [0.2, 0.25) is 0 Å². The van der Waals surface area contributed by atoms with Crippen molar-refractivity contribution in [3.8, 4) is 0 Å². The summed E-state index contributed by atoms with van der Waals surface area (Å²) in [5, 5.41) is 0.798. The van der Waals surface area contributed by atoms with Crippen LogP contribution in [-0.2, 0) is 0 Å². The van der Waals surface area contributed by atoms with Crippen molar-refractivity contribution >= 4 is 17.3 Å². The predicted octanol–water partition coefficient (Wildman–Crippen LogP) is 2.19.